The van der Waals surface area contributed by atoms with Crippen LogP contribution in [0.2, 0.25) is 0 Å². The van der Waals surface area contributed by atoms with Crippen molar-refractivity contribution in [1.29, 1.82) is 5.26 Å². The molecule has 0 saturated carbocycles. The highest BCUT2D eigenvalue weighted by Crippen LogP contribution is 2.25. The SMILES string of the molecule is N#Cc1cc([C@@H](OCc2ccccc2)[C@H](CO)OCc2ccccc2)c[nH]c1=O. The van der Waals surface area contributed by atoms with Gasteiger partial charge in [-0.3, -0.25) is 4.79 Å². The Bertz CT molecular complexity index is 997. The van der Waals surface area contributed by atoms with Gasteiger partial charge in [0.1, 0.15) is 23.8 Å². The van der Waals surface area contributed by atoms with Crippen LogP contribution in [0.15, 0.2) is 77.7 Å². The van der Waals surface area contributed by atoms with Crippen molar-refractivity contribution in [3.8, 4) is 6.07 Å². The van der Waals surface area contributed by atoms with Crippen LogP contribution < -0.4 is 5.56 Å². The molecule has 29 heavy (non-hydrogen) atoms. The van der Waals surface area contributed by atoms with E-state index in [4.69, 9.17) is 9.47 Å². The first-order valence-electron chi connectivity index (χ1n) is 9.26. The molecule has 2 atom stereocenters. The second-order valence-electron chi connectivity index (χ2n) is 6.52. The molecule has 1 aromatic heterocycles. The van der Waals surface area contributed by atoms with E-state index in [1.165, 1.54) is 12.3 Å². The summed E-state index contributed by atoms with van der Waals surface area (Å²) in [5, 5.41) is 19.2. The average Bonchev–Trinajstić information content (AvgIpc) is 2.78. The van der Waals surface area contributed by atoms with E-state index in [1.54, 1.807) is 0 Å². The van der Waals surface area contributed by atoms with Crippen LogP contribution in [0.25, 0.3) is 0 Å². The Balaban J connectivity index is 1.83. The lowest BCUT2D eigenvalue weighted by atomic mass is 10.0. The van der Waals surface area contributed by atoms with E-state index in [1.807, 2.05) is 66.7 Å². The molecule has 1 heterocycles. The quantitative estimate of drug-likeness (QED) is 0.585. The molecular weight excluding hydrogens is 368 g/mol. The number of aliphatic hydroxyl groups excluding tert-OH is 1. The van der Waals surface area contributed by atoms with Crippen LogP contribution in [0.5, 0.6) is 0 Å². The molecule has 0 aliphatic heterocycles. The Labute approximate surface area is 169 Å². The van der Waals surface area contributed by atoms with Crippen LogP contribution >= 0.6 is 0 Å². The van der Waals surface area contributed by atoms with Crippen LogP contribution in [0.3, 0.4) is 0 Å². The van der Waals surface area contributed by atoms with Gasteiger partial charge < -0.3 is 19.6 Å². The van der Waals surface area contributed by atoms with Crippen LogP contribution in [0, 0.1) is 11.3 Å². The summed E-state index contributed by atoms with van der Waals surface area (Å²) in [4.78, 5) is 14.3. The summed E-state index contributed by atoms with van der Waals surface area (Å²) in [7, 11) is 0. The first-order valence-corrected chi connectivity index (χ1v) is 9.26. The summed E-state index contributed by atoms with van der Waals surface area (Å²) in [6.45, 7) is 0.302. The molecular formula is C23H22N2O4. The fraction of sp³-hybridized carbons (Fsp3) is 0.217. The summed E-state index contributed by atoms with van der Waals surface area (Å²) in [5.41, 5.74) is 2.00. The van der Waals surface area contributed by atoms with E-state index in [-0.39, 0.29) is 18.8 Å². The number of hydrogen-bond donors (Lipinski definition) is 2. The Hall–Kier alpha value is -3.24. The largest absolute Gasteiger partial charge is 0.394 e. The molecule has 2 aromatic carbocycles. The van der Waals surface area contributed by atoms with Gasteiger partial charge >= 0.3 is 0 Å². The third kappa shape index (κ3) is 5.62. The molecule has 0 saturated heterocycles. The molecule has 0 amide bonds. The Morgan fingerprint density at radius 1 is 0.966 bits per heavy atom. The van der Waals surface area contributed by atoms with E-state index in [0.717, 1.165) is 11.1 Å². The van der Waals surface area contributed by atoms with E-state index in [9.17, 15) is 15.2 Å². The lowest BCUT2D eigenvalue weighted by Gasteiger charge is -2.26. The van der Waals surface area contributed by atoms with Gasteiger partial charge in [0, 0.05) is 11.8 Å². The fourth-order valence-electron chi connectivity index (χ4n) is 2.94. The highest BCUT2D eigenvalue weighted by molar-refractivity contribution is 5.31. The topological polar surface area (TPSA) is 95.3 Å². The highest BCUT2D eigenvalue weighted by atomic mass is 16.5. The summed E-state index contributed by atoms with van der Waals surface area (Å²) in [5.74, 6) is 0. The average molecular weight is 390 g/mol. The maximum absolute atomic E-state index is 11.8. The minimum absolute atomic E-state index is 0.0180. The molecule has 2 N–H and O–H groups in total. The number of aromatic nitrogens is 1. The summed E-state index contributed by atoms with van der Waals surface area (Å²) < 4.78 is 12.0. The van der Waals surface area contributed by atoms with E-state index < -0.39 is 17.8 Å². The molecule has 0 fully saturated rings. The zero-order chi connectivity index (χ0) is 20.5. The number of H-pyrrole nitrogens is 1. The molecule has 0 bridgehead atoms. The fourth-order valence-corrected chi connectivity index (χ4v) is 2.94. The van der Waals surface area contributed by atoms with Crippen molar-refractivity contribution < 1.29 is 14.6 Å². The third-order valence-corrected chi connectivity index (χ3v) is 4.47. The van der Waals surface area contributed by atoms with Gasteiger partial charge in [-0.05, 0) is 17.2 Å². The lowest BCUT2D eigenvalue weighted by Crippen LogP contribution is -2.29. The standard InChI is InChI=1S/C23H22N2O4/c24-12-19-11-20(13-25-23(19)27)22(29-16-18-9-5-2-6-10-18)21(14-26)28-15-17-7-3-1-4-8-17/h1-11,13,21-22,26H,14-16H2,(H,25,27)/t21-,22+/m0/s1. The molecule has 0 aliphatic carbocycles. The minimum Gasteiger partial charge on any atom is -0.394 e. The van der Waals surface area contributed by atoms with Gasteiger partial charge in [-0.25, -0.2) is 0 Å². The van der Waals surface area contributed by atoms with Crippen molar-refractivity contribution in [2.45, 2.75) is 25.4 Å². The predicted octanol–water partition coefficient (Wildman–Crippen LogP) is 3.08. The number of benzene rings is 2. The van der Waals surface area contributed by atoms with Crippen LogP contribution in [-0.4, -0.2) is 22.8 Å². The molecule has 0 spiro atoms. The normalized spacial score (nSPS) is 12.8. The van der Waals surface area contributed by atoms with Crippen molar-refractivity contribution in [1.82, 2.24) is 4.98 Å². The van der Waals surface area contributed by atoms with E-state index in [2.05, 4.69) is 4.98 Å². The zero-order valence-corrected chi connectivity index (χ0v) is 15.8. The maximum Gasteiger partial charge on any atom is 0.265 e. The minimum atomic E-state index is -0.684. The number of nitriles is 1. The van der Waals surface area contributed by atoms with Gasteiger partial charge in [-0.15, -0.1) is 0 Å². The molecule has 6 heteroatoms. The Morgan fingerprint density at radius 2 is 1.55 bits per heavy atom. The number of pyridine rings is 1. The third-order valence-electron chi connectivity index (χ3n) is 4.47. The molecule has 6 nitrogen and oxygen atoms in total. The Morgan fingerprint density at radius 3 is 2.10 bits per heavy atom. The summed E-state index contributed by atoms with van der Waals surface area (Å²) in [6, 6.07) is 22.6. The first kappa shape index (κ1) is 20.5. The van der Waals surface area contributed by atoms with Crippen LogP contribution in [-0.2, 0) is 22.7 Å². The molecule has 3 rings (SSSR count). The smallest absolute Gasteiger partial charge is 0.265 e. The summed E-state index contributed by atoms with van der Waals surface area (Å²) >= 11 is 0. The van der Waals surface area contributed by atoms with Crippen molar-refractivity contribution in [3.05, 3.63) is 106 Å². The second-order valence-corrected chi connectivity index (χ2v) is 6.52. The van der Waals surface area contributed by atoms with Gasteiger partial charge in [-0.2, -0.15) is 5.26 Å². The van der Waals surface area contributed by atoms with Gasteiger partial charge in [0.05, 0.1) is 19.8 Å². The maximum atomic E-state index is 11.8. The van der Waals surface area contributed by atoms with Gasteiger partial charge in [0.25, 0.3) is 5.56 Å². The van der Waals surface area contributed by atoms with Gasteiger partial charge in [-0.1, -0.05) is 60.7 Å². The van der Waals surface area contributed by atoms with Crippen LogP contribution in [0.1, 0.15) is 28.4 Å². The number of aliphatic hydroxyl groups is 1. The number of aromatic amines is 1. The summed E-state index contributed by atoms with van der Waals surface area (Å²) in [6.07, 6.45) is 0.136. The first-order chi connectivity index (χ1) is 14.2. The Kier molecular flexibility index (Phi) is 7.31. The highest BCUT2D eigenvalue weighted by Gasteiger charge is 2.26. The monoisotopic (exact) mass is 390 g/mol. The van der Waals surface area contributed by atoms with Crippen LogP contribution in [0.4, 0.5) is 0 Å². The zero-order valence-electron chi connectivity index (χ0n) is 15.8. The number of ether oxygens (including phenoxy) is 2. The van der Waals surface area contributed by atoms with Crippen molar-refractivity contribution in [3.63, 3.8) is 0 Å². The van der Waals surface area contributed by atoms with Crippen molar-refractivity contribution >= 4 is 0 Å². The van der Waals surface area contributed by atoms with Crippen molar-refractivity contribution in [2.75, 3.05) is 6.61 Å². The second kappa shape index (κ2) is 10.3. The molecule has 0 radical (unpaired) electrons. The number of nitrogens with one attached hydrogen (secondary N) is 1. The predicted molar refractivity (Wildman–Crippen MR) is 108 cm³/mol. The molecule has 148 valence electrons. The van der Waals surface area contributed by atoms with Gasteiger partial charge in [0.2, 0.25) is 0 Å². The molecule has 0 unspecified atom stereocenters. The van der Waals surface area contributed by atoms with Gasteiger partial charge in [0.15, 0.2) is 0 Å². The molecule has 0 aliphatic rings. The lowest BCUT2D eigenvalue weighted by molar-refractivity contribution is -0.106. The van der Waals surface area contributed by atoms with E-state index >= 15 is 0 Å². The molecule has 3 aromatic rings. The van der Waals surface area contributed by atoms with Crippen molar-refractivity contribution in [2.24, 2.45) is 0 Å². The number of nitrogens with zero attached hydrogens (tertiary/aromatic N) is 1. The number of rotatable bonds is 9. The number of hydrogen-bond acceptors (Lipinski definition) is 5. The van der Waals surface area contributed by atoms with E-state index in [0.29, 0.717) is 12.2 Å².